The van der Waals surface area contributed by atoms with Gasteiger partial charge in [-0.2, -0.15) is 0 Å². The van der Waals surface area contributed by atoms with E-state index in [1.807, 2.05) is 0 Å². The Morgan fingerprint density at radius 1 is 0.704 bits per heavy atom. The van der Waals surface area contributed by atoms with Crippen LogP contribution in [0.2, 0.25) is 0 Å². The van der Waals surface area contributed by atoms with E-state index in [9.17, 15) is 23.7 Å². The van der Waals surface area contributed by atoms with Gasteiger partial charge in [0.2, 0.25) is 23.6 Å². The van der Waals surface area contributed by atoms with Crippen LogP contribution in [0.5, 0.6) is 0 Å². The fraction of sp³-hybridized carbons (Fsp3) is 0.714. The summed E-state index contributed by atoms with van der Waals surface area (Å²) in [5, 5.41) is 9.15. The lowest BCUT2D eigenvalue weighted by molar-refractivity contribution is -0.133. The summed E-state index contributed by atoms with van der Waals surface area (Å²) >= 11 is 0. The lowest BCUT2D eigenvalue weighted by Gasteiger charge is -2.22. The first-order valence-corrected chi connectivity index (χ1v) is 9.87. The number of carbonyl (C=O) groups excluding carboxylic acids is 4. The van der Waals surface area contributed by atoms with Crippen molar-refractivity contribution in [2.75, 3.05) is 0 Å². The Balaban J connectivity index is 4.60. The summed E-state index contributed by atoms with van der Waals surface area (Å²) < 4.78 is 11.0. The molecule has 0 saturated carbocycles. The molecule has 8 N–H and O–H groups in total. The average molecular weight is 409 g/mol. The Morgan fingerprint density at radius 3 is 1.30 bits per heavy atom. The van der Waals surface area contributed by atoms with Gasteiger partial charge >= 0.3 is 7.60 Å². The lowest BCUT2D eigenvalue weighted by atomic mass is 10.2. The second kappa shape index (κ2) is 10.4. The van der Waals surface area contributed by atoms with Crippen LogP contribution in [-0.2, 0) is 23.7 Å². The summed E-state index contributed by atoms with van der Waals surface area (Å²) in [7, 11) is -4.50. The van der Waals surface area contributed by atoms with Crippen LogP contribution in [0.25, 0.3) is 0 Å². The molecule has 0 unspecified atom stereocenters. The van der Waals surface area contributed by atoms with Crippen molar-refractivity contribution in [3.05, 3.63) is 0 Å². The first kappa shape index (κ1) is 25.0. The first-order chi connectivity index (χ1) is 12.2. The summed E-state index contributed by atoms with van der Waals surface area (Å²) in [5.41, 5.74) is 5.38. The highest BCUT2D eigenvalue weighted by Crippen LogP contribution is 2.39. The van der Waals surface area contributed by atoms with Crippen molar-refractivity contribution in [3.63, 3.8) is 0 Å². The van der Waals surface area contributed by atoms with Gasteiger partial charge in [0.25, 0.3) is 0 Å². The van der Waals surface area contributed by atoms with E-state index in [1.165, 1.54) is 27.7 Å². The second-order valence-electron chi connectivity index (χ2n) is 6.25. The minimum atomic E-state index is -4.50. The Morgan fingerprint density at radius 2 is 1.00 bits per heavy atom. The Labute approximate surface area is 157 Å². The predicted molar refractivity (Wildman–Crippen MR) is 96.1 cm³/mol. The van der Waals surface area contributed by atoms with Crippen molar-refractivity contribution in [2.24, 2.45) is 5.73 Å². The molecule has 0 heterocycles. The molecule has 0 rings (SSSR count). The zero-order chi connectivity index (χ0) is 21.5. The summed E-state index contributed by atoms with van der Waals surface area (Å²) in [4.78, 5) is 65.3. The Hall–Kier alpha value is -2.01. The van der Waals surface area contributed by atoms with Crippen molar-refractivity contribution in [2.45, 2.75) is 64.6 Å². The van der Waals surface area contributed by atoms with E-state index < -0.39 is 61.2 Å². The van der Waals surface area contributed by atoms with E-state index in [2.05, 4.69) is 21.3 Å². The van der Waals surface area contributed by atoms with E-state index in [-0.39, 0.29) is 0 Å². The van der Waals surface area contributed by atoms with E-state index in [0.717, 1.165) is 6.92 Å². The smallest absolute Gasteiger partial charge is 0.343 e. The summed E-state index contributed by atoms with van der Waals surface area (Å²) in [6.07, 6.45) is 0. The van der Waals surface area contributed by atoms with Gasteiger partial charge in [-0.15, -0.1) is 0 Å². The van der Waals surface area contributed by atoms with Crippen molar-refractivity contribution < 1.29 is 33.5 Å². The van der Waals surface area contributed by atoms with Gasteiger partial charge in [-0.05, 0) is 34.6 Å². The summed E-state index contributed by atoms with van der Waals surface area (Å²) in [6, 6.07) is -3.85. The van der Waals surface area contributed by atoms with Crippen LogP contribution in [0.4, 0.5) is 0 Å². The minimum absolute atomic E-state index is 0.528. The highest BCUT2D eigenvalue weighted by Gasteiger charge is 2.29. The molecule has 156 valence electrons. The molecule has 0 aliphatic carbocycles. The zero-order valence-electron chi connectivity index (χ0n) is 15.8. The highest BCUT2D eigenvalue weighted by atomic mass is 31.2. The second-order valence-corrected chi connectivity index (χ2v) is 8.21. The molecule has 0 radical (unpaired) electrons. The number of rotatable bonds is 9. The molecule has 12 nitrogen and oxygen atoms in total. The molecule has 5 atom stereocenters. The predicted octanol–water partition coefficient (Wildman–Crippen LogP) is -2.51. The van der Waals surface area contributed by atoms with Crippen molar-refractivity contribution in [1.29, 1.82) is 0 Å². The van der Waals surface area contributed by atoms with Gasteiger partial charge in [0.1, 0.15) is 23.9 Å². The van der Waals surface area contributed by atoms with Gasteiger partial charge in [0.05, 0.1) is 6.04 Å². The Bertz CT molecular complexity index is 621. The number of amides is 4. The van der Waals surface area contributed by atoms with Gasteiger partial charge in [-0.25, -0.2) is 0 Å². The molecule has 13 heteroatoms. The molecule has 0 fully saturated rings. The Kier molecular flexibility index (Phi) is 9.59. The molecule has 27 heavy (non-hydrogen) atoms. The van der Waals surface area contributed by atoms with Crippen molar-refractivity contribution in [1.82, 2.24) is 21.3 Å². The van der Waals surface area contributed by atoms with E-state index in [0.29, 0.717) is 0 Å². The van der Waals surface area contributed by atoms with Crippen LogP contribution in [0.15, 0.2) is 0 Å². The van der Waals surface area contributed by atoms with Crippen LogP contribution >= 0.6 is 7.60 Å². The van der Waals surface area contributed by atoms with Crippen LogP contribution in [-0.4, -0.2) is 63.4 Å². The lowest BCUT2D eigenvalue weighted by Crippen LogP contribution is -2.56. The maximum atomic E-state index is 12.1. The maximum Gasteiger partial charge on any atom is 0.347 e. The van der Waals surface area contributed by atoms with Gasteiger partial charge in [-0.3, -0.25) is 23.7 Å². The third kappa shape index (κ3) is 8.96. The molecular weight excluding hydrogens is 381 g/mol. The fourth-order valence-corrected chi connectivity index (χ4v) is 1.93. The topological polar surface area (TPSA) is 200 Å². The maximum absolute atomic E-state index is 12.1. The molecular formula is C14H28N5O7P. The van der Waals surface area contributed by atoms with Crippen LogP contribution < -0.4 is 27.0 Å². The zero-order valence-corrected chi connectivity index (χ0v) is 16.7. The monoisotopic (exact) mass is 409 g/mol. The molecule has 4 amide bonds. The molecule has 0 aliphatic rings. The minimum Gasteiger partial charge on any atom is -0.343 e. The number of hydrogen-bond donors (Lipinski definition) is 7. The van der Waals surface area contributed by atoms with Gasteiger partial charge < -0.3 is 36.8 Å². The molecule has 0 aliphatic heterocycles. The van der Waals surface area contributed by atoms with Gasteiger partial charge in [-0.1, -0.05) is 0 Å². The molecule has 0 saturated heterocycles. The molecule has 0 spiro atoms. The van der Waals surface area contributed by atoms with E-state index in [1.54, 1.807) is 0 Å². The van der Waals surface area contributed by atoms with Crippen LogP contribution in [0.1, 0.15) is 34.6 Å². The SMILES string of the molecule is C[C@H](N)C(=O)N[C@@H](C)C(=O)N[C@@H](C)C(=O)N[C@@H](C)C(=O)N[C@@H](C)P(=O)(O)O. The molecule has 0 aromatic rings. The third-order valence-corrected chi connectivity index (χ3v) is 4.66. The van der Waals surface area contributed by atoms with Crippen molar-refractivity contribution in [3.8, 4) is 0 Å². The summed E-state index contributed by atoms with van der Waals surface area (Å²) in [6.45, 7) is 6.69. The quantitative estimate of drug-likeness (QED) is 0.202. The average Bonchev–Trinajstić information content (AvgIpc) is 2.52. The van der Waals surface area contributed by atoms with Gasteiger partial charge in [0.15, 0.2) is 0 Å². The first-order valence-electron chi connectivity index (χ1n) is 8.19. The van der Waals surface area contributed by atoms with Crippen LogP contribution in [0, 0.1) is 0 Å². The van der Waals surface area contributed by atoms with E-state index >= 15 is 0 Å². The fourth-order valence-electron chi connectivity index (χ4n) is 1.63. The number of hydrogen-bond acceptors (Lipinski definition) is 6. The number of nitrogens with one attached hydrogen (secondary N) is 4. The highest BCUT2D eigenvalue weighted by molar-refractivity contribution is 7.52. The number of nitrogens with two attached hydrogens (primary N) is 1. The largest absolute Gasteiger partial charge is 0.347 e. The van der Waals surface area contributed by atoms with Crippen LogP contribution in [0.3, 0.4) is 0 Å². The normalized spacial score (nSPS) is 16.9. The van der Waals surface area contributed by atoms with Crippen molar-refractivity contribution >= 4 is 31.2 Å². The standard InChI is InChI=1S/C14H28N5O7P/c1-6(15)11(20)16-7(2)12(21)17-8(3)13(22)18-9(4)14(23)19-10(5)27(24,25)26/h6-10H,15H2,1-5H3,(H,16,20)(H,17,21)(H,18,22)(H,19,23)(H2,24,25,26)/t6-,7-,8-,9-,10+/m0/s1. The third-order valence-electron chi connectivity index (χ3n) is 3.53. The molecule has 0 aromatic carbocycles. The van der Waals surface area contributed by atoms with E-state index in [4.69, 9.17) is 15.5 Å². The van der Waals surface area contributed by atoms with Gasteiger partial charge in [0, 0.05) is 0 Å². The number of carbonyl (C=O) groups is 4. The summed E-state index contributed by atoms with van der Waals surface area (Å²) in [5.74, 6) is -4.05. The molecule has 0 aromatic heterocycles. The molecule has 0 bridgehead atoms.